The van der Waals surface area contributed by atoms with Gasteiger partial charge in [0.1, 0.15) is 6.10 Å². The second-order valence-electron chi connectivity index (χ2n) is 6.11. The molecule has 1 atom stereocenters. The van der Waals surface area contributed by atoms with Gasteiger partial charge in [0.25, 0.3) is 0 Å². The number of morpholine rings is 1. The fourth-order valence-electron chi connectivity index (χ4n) is 2.82. The minimum atomic E-state index is -3.68. The molecule has 1 aliphatic rings. The summed E-state index contributed by atoms with van der Waals surface area (Å²) in [7, 11) is -3.68. The zero-order chi connectivity index (χ0) is 19.4. The molecule has 144 valence electrons. The van der Waals surface area contributed by atoms with Gasteiger partial charge in [0.15, 0.2) is 0 Å². The van der Waals surface area contributed by atoms with E-state index < -0.39 is 22.1 Å². The highest BCUT2D eigenvalue weighted by atomic mass is 35.5. The molecule has 1 unspecified atom stereocenters. The molecule has 1 fully saturated rings. The van der Waals surface area contributed by atoms with Crippen molar-refractivity contribution in [2.75, 3.05) is 26.3 Å². The van der Waals surface area contributed by atoms with Crippen LogP contribution in [-0.4, -0.2) is 45.0 Å². The van der Waals surface area contributed by atoms with Crippen molar-refractivity contribution in [3.8, 4) is 0 Å². The number of halogens is 1. The van der Waals surface area contributed by atoms with Gasteiger partial charge in [0.05, 0.1) is 23.7 Å². The van der Waals surface area contributed by atoms with Gasteiger partial charge in [-0.15, -0.1) is 0 Å². The molecule has 27 heavy (non-hydrogen) atoms. The molecule has 8 heteroatoms. The molecule has 0 aliphatic carbocycles. The SMILES string of the molecule is CC(OC(=O)c1cccc(S(=O)(=O)N2CCOCC2)c1)c1ccccc1Cl. The summed E-state index contributed by atoms with van der Waals surface area (Å²) in [5.74, 6) is -0.610. The van der Waals surface area contributed by atoms with Gasteiger partial charge in [0, 0.05) is 23.7 Å². The van der Waals surface area contributed by atoms with E-state index >= 15 is 0 Å². The van der Waals surface area contributed by atoms with Gasteiger partial charge in [0.2, 0.25) is 10.0 Å². The topological polar surface area (TPSA) is 72.9 Å². The van der Waals surface area contributed by atoms with Crippen LogP contribution in [0.1, 0.15) is 28.9 Å². The Morgan fingerprint density at radius 2 is 1.85 bits per heavy atom. The smallest absolute Gasteiger partial charge is 0.338 e. The molecule has 1 heterocycles. The molecule has 6 nitrogen and oxygen atoms in total. The van der Waals surface area contributed by atoms with Gasteiger partial charge in [-0.05, 0) is 31.2 Å². The van der Waals surface area contributed by atoms with Crippen LogP contribution in [0.5, 0.6) is 0 Å². The molecular formula is C19H20ClNO5S. The van der Waals surface area contributed by atoms with Gasteiger partial charge >= 0.3 is 5.97 Å². The lowest BCUT2D eigenvalue weighted by Gasteiger charge is -2.26. The summed E-state index contributed by atoms with van der Waals surface area (Å²) >= 11 is 6.13. The van der Waals surface area contributed by atoms with Gasteiger partial charge in [-0.25, -0.2) is 13.2 Å². The lowest BCUT2D eigenvalue weighted by Crippen LogP contribution is -2.40. The van der Waals surface area contributed by atoms with E-state index in [-0.39, 0.29) is 10.5 Å². The lowest BCUT2D eigenvalue weighted by molar-refractivity contribution is 0.0338. The summed E-state index contributed by atoms with van der Waals surface area (Å²) in [6, 6.07) is 13.0. The average Bonchev–Trinajstić information content (AvgIpc) is 2.69. The zero-order valence-electron chi connectivity index (χ0n) is 14.8. The van der Waals surface area contributed by atoms with Crippen LogP contribution in [0, 0.1) is 0 Å². The molecule has 2 aromatic rings. The Hall–Kier alpha value is -1.93. The monoisotopic (exact) mass is 409 g/mol. The van der Waals surface area contributed by atoms with Crippen molar-refractivity contribution in [1.82, 2.24) is 4.31 Å². The van der Waals surface area contributed by atoms with Gasteiger partial charge in [-0.3, -0.25) is 0 Å². The molecule has 3 rings (SSSR count). The van der Waals surface area contributed by atoms with Gasteiger partial charge < -0.3 is 9.47 Å². The van der Waals surface area contributed by atoms with Crippen LogP contribution in [-0.2, 0) is 19.5 Å². The van der Waals surface area contributed by atoms with Crippen molar-refractivity contribution >= 4 is 27.6 Å². The van der Waals surface area contributed by atoms with E-state index in [1.807, 2.05) is 0 Å². The summed E-state index contributed by atoms with van der Waals surface area (Å²) < 4.78 is 37.5. The standard InChI is InChI=1S/C19H20ClNO5S/c1-14(17-7-2-3-8-18(17)20)26-19(22)15-5-4-6-16(13-15)27(23,24)21-9-11-25-12-10-21/h2-8,13-14H,9-12H2,1H3. The highest BCUT2D eigenvalue weighted by molar-refractivity contribution is 7.89. The van der Waals surface area contributed by atoms with Crippen molar-refractivity contribution in [3.05, 3.63) is 64.7 Å². The first kappa shape index (κ1) is 19.8. The number of esters is 1. The van der Waals surface area contributed by atoms with Crippen LogP contribution >= 0.6 is 11.6 Å². The summed E-state index contributed by atoms with van der Waals surface area (Å²) in [6.07, 6.45) is -0.564. The molecule has 0 N–H and O–H groups in total. The third-order valence-corrected chi connectivity index (χ3v) is 6.54. The van der Waals surface area contributed by atoms with E-state index in [9.17, 15) is 13.2 Å². The number of carbonyl (C=O) groups excluding carboxylic acids is 1. The summed E-state index contributed by atoms with van der Waals surface area (Å²) in [6.45, 7) is 3.02. The van der Waals surface area contributed by atoms with E-state index in [2.05, 4.69) is 0 Å². The summed E-state index contributed by atoms with van der Waals surface area (Å²) in [5, 5.41) is 0.501. The van der Waals surface area contributed by atoms with Crippen molar-refractivity contribution in [3.63, 3.8) is 0 Å². The van der Waals surface area contributed by atoms with Crippen molar-refractivity contribution in [1.29, 1.82) is 0 Å². The third kappa shape index (κ3) is 4.50. The van der Waals surface area contributed by atoms with E-state index in [0.717, 1.165) is 0 Å². The van der Waals surface area contributed by atoms with Crippen LogP contribution in [0.15, 0.2) is 53.4 Å². The maximum atomic E-state index is 12.8. The van der Waals surface area contributed by atoms with E-state index in [1.54, 1.807) is 31.2 Å². The molecule has 0 bridgehead atoms. The number of hydrogen-bond donors (Lipinski definition) is 0. The van der Waals surface area contributed by atoms with Crippen molar-refractivity contribution in [2.24, 2.45) is 0 Å². The van der Waals surface area contributed by atoms with Crippen LogP contribution in [0.3, 0.4) is 0 Å². The summed E-state index contributed by atoms with van der Waals surface area (Å²) in [5.41, 5.74) is 0.854. The molecule has 2 aromatic carbocycles. The highest BCUT2D eigenvalue weighted by Crippen LogP contribution is 2.26. The van der Waals surface area contributed by atoms with Crippen molar-refractivity contribution < 1.29 is 22.7 Å². The number of rotatable bonds is 5. The van der Waals surface area contributed by atoms with E-state index in [4.69, 9.17) is 21.1 Å². The normalized spacial score (nSPS) is 16.7. The van der Waals surface area contributed by atoms with Crippen molar-refractivity contribution in [2.45, 2.75) is 17.9 Å². The Morgan fingerprint density at radius 3 is 2.56 bits per heavy atom. The maximum Gasteiger partial charge on any atom is 0.338 e. The highest BCUT2D eigenvalue weighted by Gasteiger charge is 2.27. The van der Waals surface area contributed by atoms with E-state index in [0.29, 0.717) is 36.9 Å². The average molecular weight is 410 g/mol. The minimum absolute atomic E-state index is 0.0595. The Labute approximate surface area is 163 Å². The van der Waals surface area contributed by atoms with Crippen LogP contribution in [0.25, 0.3) is 0 Å². The second kappa shape index (κ2) is 8.39. The maximum absolute atomic E-state index is 12.8. The minimum Gasteiger partial charge on any atom is -0.454 e. The Bertz CT molecular complexity index is 925. The molecular weight excluding hydrogens is 390 g/mol. The molecule has 0 spiro atoms. The van der Waals surface area contributed by atoms with Gasteiger partial charge in [-0.2, -0.15) is 4.31 Å². The molecule has 1 saturated heterocycles. The molecule has 0 amide bonds. The third-order valence-electron chi connectivity index (χ3n) is 4.30. The molecule has 0 aromatic heterocycles. The number of carbonyl (C=O) groups is 1. The number of sulfonamides is 1. The Morgan fingerprint density at radius 1 is 1.15 bits per heavy atom. The number of hydrogen-bond acceptors (Lipinski definition) is 5. The van der Waals surface area contributed by atoms with Crippen LogP contribution in [0.2, 0.25) is 5.02 Å². The van der Waals surface area contributed by atoms with Gasteiger partial charge in [-0.1, -0.05) is 35.9 Å². The second-order valence-corrected chi connectivity index (χ2v) is 8.46. The number of benzene rings is 2. The molecule has 0 saturated carbocycles. The summed E-state index contributed by atoms with van der Waals surface area (Å²) in [4.78, 5) is 12.6. The first-order chi connectivity index (χ1) is 12.9. The van der Waals surface area contributed by atoms with Crippen LogP contribution < -0.4 is 0 Å². The Balaban J connectivity index is 1.78. The molecule has 0 radical (unpaired) electrons. The zero-order valence-corrected chi connectivity index (χ0v) is 16.4. The lowest BCUT2D eigenvalue weighted by atomic mass is 10.1. The fourth-order valence-corrected chi connectivity index (χ4v) is 4.56. The quantitative estimate of drug-likeness (QED) is 0.708. The predicted octanol–water partition coefficient (Wildman–Crippen LogP) is 3.28. The number of nitrogens with zero attached hydrogens (tertiary/aromatic N) is 1. The Kier molecular flexibility index (Phi) is 6.16. The number of ether oxygens (including phenoxy) is 2. The van der Waals surface area contributed by atoms with E-state index in [1.165, 1.54) is 28.6 Å². The first-order valence-electron chi connectivity index (χ1n) is 8.53. The molecule has 1 aliphatic heterocycles. The predicted molar refractivity (Wildman–Crippen MR) is 101 cm³/mol. The fraction of sp³-hybridized carbons (Fsp3) is 0.316. The first-order valence-corrected chi connectivity index (χ1v) is 10.3. The van der Waals surface area contributed by atoms with Crippen LogP contribution in [0.4, 0.5) is 0 Å². The largest absolute Gasteiger partial charge is 0.454 e.